The number of hydrogen-bond acceptors (Lipinski definition) is 3. The van der Waals surface area contributed by atoms with Crippen LogP contribution in [0.3, 0.4) is 0 Å². The highest BCUT2D eigenvalue weighted by Crippen LogP contribution is 2.21. The number of rotatable bonds is 3. The number of phenols is 1. The molecule has 0 heterocycles. The van der Waals surface area contributed by atoms with E-state index in [4.69, 9.17) is 0 Å². The third-order valence-electron chi connectivity index (χ3n) is 2.44. The Labute approximate surface area is 98.3 Å². The Hall–Kier alpha value is -2.42. The Bertz CT molecular complexity index is 559. The van der Waals surface area contributed by atoms with E-state index in [1.54, 1.807) is 30.3 Å². The van der Waals surface area contributed by atoms with Crippen molar-refractivity contribution in [3.05, 3.63) is 65.2 Å². The minimum Gasteiger partial charge on any atom is -0.507 e. The van der Waals surface area contributed by atoms with Crippen LogP contribution in [-0.2, 0) is 0 Å². The van der Waals surface area contributed by atoms with Crippen LogP contribution in [0.5, 0.6) is 5.75 Å². The molecule has 0 aromatic heterocycles. The average molecular weight is 226 g/mol. The van der Waals surface area contributed by atoms with E-state index in [0.717, 1.165) is 0 Å². The zero-order valence-electron chi connectivity index (χ0n) is 8.96. The molecule has 0 radical (unpaired) electrons. The lowest BCUT2D eigenvalue weighted by Gasteiger charge is -2.04. The summed E-state index contributed by atoms with van der Waals surface area (Å²) in [7, 11) is 0. The Balaban J connectivity index is 2.47. The van der Waals surface area contributed by atoms with Crippen molar-refractivity contribution in [3.63, 3.8) is 0 Å². The van der Waals surface area contributed by atoms with Gasteiger partial charge in [-0.25, -0.2) is 0 Å². The predicted octanol–water partition coefficient (Wildman–Crippen LogP) is 2.44. The van der Waals surface area contributed by atoms with Crippen LogP contribution in [0.1, 0.15) is 26.3 Å². The first-order chi connectivity index (χ1) is 8.22. The predicted molar refractivity (Wildman–Crippen MR) is 63.4 cm³/mol. The van der Waals surface area contributed by atoms with Crippen molar-refractivity contribution in [1.29, 1.82) is 0 Å². The van der Waals surface area contributed by atoms with E-state index in [0.29, 0.717) is 17.4 Å². The summed E-state index contributed by atoms with van der Waals surface area (Å²) in [4.78, 5) is 22.7. The molecule has 2 rings (SSSR count). The van der Waals surface area contributed by atoms with Gasteiger partial charge in [-0.05, 0) is 18.2 Å². The van der Waals surface area contributed by atoms with Gasteiger partial charge < -0.3 is 5.11 Å². The first kappa shape index (κ1) is 11.1. The first-order valence-corrected chi connectivity index (χ1v) is 5.10. The van der Waals surface area contributed by atoms with Gasteiger partial charge in [0, 0.05) is 11.1 Å². The second-order valence-electron chi connectivity index (χ2n) is 3.59. The van der Waals surface area contributed by atoms with Crippen LogP contribution < -0.4 is 0 Å². The van der Waals surface area contributed by atoms with Gasteiger partial charge in [-0.1, -0.05) is 30.3 Å². The van der Waals surface area contributed by atoms with Gasteiger partial charge in [-0.3, -0.25) is 9.59 Å². The smallest absolute Gasteiger partial charge is 0.196 e. The molecule has 2 aromatic rings. The second-order valence-corrected chi connectivity index (χ2v) is 3.59. The maximum atomic E-state index is 12.1. The van der Waals surface area contributed by atoms with Crippen molar-refractivity contribution < 1.29 is 14.7 Å². The van der Waals surface area contributed by atoms with Crippen molar-refractivity contribution in [1.82, 2.24) is 0 Å². The molecule has 0 aliphatic rings. The molecule has 84 valence electrons. The molecule has 0 bridgehead atoms. The van der Waals surface area contributed by atoms with Gasteiger partial charge in [0.1, 0.15) is 12.0 Å². The van der Waals surface area contributed by atoms with Crippen LogP contribution in [-0.4, -0.2) is 17.2 Å². The molecule has 0 atom stereocenters. The summed E-state index contributed by atoms with van der Waals surface area (Å²) in [5, 5.41) is 9.63. The summed E-state index contributed by atoms with van der Waals surface area (Å²) in [6.45, 7) is 0. The van der Waals surface area contributed by atoms with E-state index < -0.39 is 0 Å². The van der Waals surface area contributed by atoms with Gasteiger partial charge in [0.15, 0.2) is 5.78 Å². The number of ketones is 1. The molecule has 0 fully saturated rings. The minimum atomic E-state index is -0.299. The van der Waals surface area contributed by atoms with E-state index in [2.05, 4.69) is 0 Å². The summed E-state index contributed by atoms with van der Waals surface area (Å²) < 4.78 is 0. The average Bonchev–Trinajstić information content (AvgIpc) is 2.39. The van der Waals surface area contributed by atoms with Gasteiger partial charge in [0.25, 0.3) is 0 Å². The van der Waals surface area contributed by atoms with E-state index in [-0.39, 0.29) is 17.1 Å². The summed E-state index contributed by atoms with van der Waals surface area (Å²) in [6, 6.07) is 12.8. The fourth-order valence-electron chi connectivity index (χ4n) is 1.55. The summed E-state index contributed by atoms with van der Waals surface area (Å²) in [5.74, 6) is -0.420. The molecule has 2 aromatic carbocycles. The SMILES string of the molecule is O=Cc1ccc(O)c(C(=O)c2ccccc2)c1. The summed E-state index contributed by atoms with van der Waals surface area (Å²) in [5.41, 5.74) is 0.980. The molecule has 0 aliphatic carbocycles. The number of aldehydes is 1. The standard InChI is InChI=1S/C14H10O3/c15-9-10-6-7-13(16)12(8-10)14(17)11-4-2-1-3-5-11/h1-9,16H. The number of hydrogen-bond donors (Lipinski definition) is 1. The number of phenolic OH excluding ortho intramolecular Hbond substituents is 1. The van der Waals surface area contributed by atoms with E-state index in [1.165, 1.54) is 18.2 Å². The Morgan fingerprint density at radius 1 is 1.06 bits per heavy atom. The molecule has 0 unspecified atom stereocenters. The largest absolute Gasteiger partial charge is 0.507 e. The molecule has 3 heteroatoms. The van der Waals surface area contributed by atoms with Crippen LogP contribution in [0.25, 0.3) is 0 Å². The number of carbonyl (C=O) groups excluding carboxylic acids is 2. The van der Waals surface area contributed by atoms with Crippen molar-refractivity contribution in [3.8, 4) is 5.75 Å². The third kappa shape index (κ3) is 2.23. The van der Waals surface area contributed by atoms with E-state index >= 15 is 0 Å². The monoisotopic (exact) mass is 226 g/mol. The first-order valence-electron chi connectivity index (χ1n) is 5.10. The molecule has 0 spiro atoms. The van der Waals surface area contributed by atoms with Gasteiger partial charge in [0.2, 0.25) is 0 Å². The van der Waals surface area contributed by atoms with Crippen molar-refractivity contribution in [2.45, 2.75) is 0 Å². The third-order valence-corrected chi connectivity index (χ3v) is 2.44. The lowest BCUT2D eigenvalue weighted by atomic mass is 10.0. The lowest BCUT2D eigenvalue weighted by Crippen LogP contribution is -2.02. The van der Waals surface area contributed by atoms with Crippen LogP contribution in [0, 0.1) is 0 Å². The number of benzene rings is 2. The van der Waals surface area contributed by atoms with E-state index in [9.17, 15) is 14.7 Å². The Kier molecular flexibility index (Phi) is 3.01. The second kappa shape index (κ2) is 4.61. The molecule has 0 saturated carbocycles. The molecule has 0 amide bonds. The maximum absolute atomic E-state index is 12.1. The van der Waals surface area contributed by atoms with Crippen LogP contribution >= 0.6 is 0 Å². The number of carbonyl (C=O) groups is 2. The molecule has 17 heavy (non-hydrogen) atoms. The zero-order valence-corrected chi connectivity index (χ0v) is 8.96. The quantitative estimate of drug-likeness (QED) is 0.646. The van der Waals surface area contributed by atoms with Crippen LogP contribution in [0.15, 0.2) is 48.5 Å². The normalized spacial score (nSPS) is 9.88. The fraction of sp³-hybridized carbons (Fsp3) is 0. The molecule has 3 nitrogen and oxygen atoms in total. The topological polar surface area (TPSA) is 54.4 Å². The lowest BCUT2D eigenvalue weighted by molar-refractivity contribution is 0.103. The highest BCUT2D eigenvalue weighted by molar-refractivity contribution is 6.11. The number of aromatic hydroxyl groups is 1. The summed E-state index contributed by atoms with van der Waals surface area (Å²) >= 11 is 0. The molecule has 0 saturated heterocycles. The van der Waals surface area contributed by atoms with Crippen molar-refractivity contribution in [2.75, 3.05) is 0 Å². The molecular weight excluding hydrogens is 216 g/mol. The maximum Gasteiger partial charge on any atom is 0.196 e. The minimum absolute atomic E-state index is 0.121. The molecular formula is C14H10O3. The zero-order chi connectivity index (χ0) is 12.3. The highest BCUT2D eigenvalue weighted by atomic mass is 16.3. The molecule has 0 aliphatic heterocycles. The fourth-order valence-corrected chi connectivity index (χ4v) is 1.55. The van der Waals surface area contributed by atoms with Crippen molar-refractivity contribution in [2.24, 2.45) is 0 Å². The van der Waals surface area contributed by atoms with Crippen LogP contribution in [0.2, 0.25) is 0 Å². The van der Waals surface area contributed by atoms with Gasteiger partial charge in [-0.15, -0.1) is 0 Å². The molecule has 1 N–H and O–H groups in total. The Morgan fingerprint density at radius 2 is 1.76 bits per heavy atom. The van der Waals surface area contributed by atoms with Gasteiger partial charge in [-0.2, -0.15) is 0 Å². The van der Waals surface area contributed by atoms with E-state index in [1.807, 2.05) is 0 Å². The van der Waals surface area contributed by atoms with Crippen molar-refractivity contribution >= 4 is 12.1 Å². The summed E-state index contributed by atoms with van der Waals surface area (Å²) in [6.07, 6.45) is 0.640. The van der Waals surface area contributed by atoms with Gasteiger partial charge >= 0.3 is 0 Å². The Morgan fingerprint density at radius 3 is 2.41 bits per heavy atom. The van der Waals surface area contributed by atoms with Gasteiger partial charge in [0.05, 0.1) is 5.56 Å². The van der Waals surface area contributed by atoms with Crippen LogP contribution in [0.4, 0.5) is 0 Å². The highest BCUT2D eigenvalue weighted by Gasteiger charge is 2.13.